The van der Waals surface area contributed by atoms with Crippen molar-refractivity contribution in [1.29, 1.82) is 0 Å². The maximum Gasteiger partial charge on any atom is 0.227 e. The molecule has 2 heterocycles. The van der Waals surface area contributed by atoms with Crippen molar-refractivity contribution < 1.29 is 13.9 Å². The monoisotopic (exact) mass is 266 g/mol. The molecule has 1 aliphatic heterocycles. The lowest BCUT2D eigenvalue weighted by molar-refractivity contribution is -0.129. The Balaban J connectivity index is 1.53. The molecule has 0 radical (unpaired) electrons. The van der Waals surface area contributed by atoms with Gasteiger partial charge >= 0.3 is 0 Å². The maximum absolute atomic E-state index is 12.0. The van der Waals surface area contributed by atoms with Crippen LogP contribution in [0, 0.1) is 5.41 Å². The van der Waals surface area contributed by atoms with Crippen molar-refractivity contribution in [3.8, 4) is 0 Å². The molecule has 0 bridgehead atoms. The third-order valence-corrected chi connectivity index (χ3v) is 3.49. The van der Waals surface area contributed by atoms with Gasteiger partial charge in [0.2, 0.25) is 5.91 Å². The number of nitrogens with one attached hydrogen (secondary N) is 2. The van der Waals surface area contributed by atoms with Gasteiger partial charge in [0.05, 0.1) is 11.7 Å². The Bertz CT molecular complexity index is 383. The molecular formula is C14H22N2O3. The average Bonchev–Trinajstić information content (AvgIpc) is 3.05. The fourth-order valence-corrected chi connectivity index (χ4v) is 2.17. The third-order valence-electron chi connectivity index (χ3n) is 3.49. The lowest BCUT2D eigenvalue weighted by atomic mass is 9.89. The Labute approximate surface area is 113 Å². The third kappa shape index (κ3) is 4.08. The summed E-state index contributed by atoms with van der Waals surface area (Å²) in [4.78, 5) is 12.0. The summed E-state index contributed by atoms with van der Waals surface area (Å²) in [7, 11) is 0. The quantitative estimate of drug-likeness (QED) is 0.730. The SMILES string of the molecule is CC1(C(=O)NCCCOCc2ccco2)CCNC1. The molecule has 0 spiro atoms. The summed E-state index contributed by atoms with van der Waals surface area (Å²) in [5.74, 6) is 0.970. The van der Waals surface area contributed by atoms with Crippen LogP contribution < -0.4 is 10.6 Å². The van der Waals surface area contributed by atoms with E-state index in [1.54, 1.807) is 6.26 Å². The van der Waals surface area contributed by atoms with Crippen LogP contribution in [0.4, 0.5) is 0 Å². The van der Waals surface area contributed by atoms with Gasteiger partial charge in [-0.05, 0) is 38.4 Å². The number of ether oxygens (including phenoxy) is 1. The molecule has 1 aromatic rings. The summed E-state index contributed by atoms with van der Waals surface area (Å²) in [6.07, 6.45) is 3.36. The molecule has 0 aliphatic carbocycles. The highest BCUT2D eigenvalue weighted by Gasteiger charge is 2.35. The van der Waals surface area contributed by atoms with E-state index in [4.69, 9.17) is 9.15 Å². The Morgan fingerprint density at radius 2 is 2.53 bits per heavy atom. The van der Waals surface area contributed by atoms with E-state index in [9.17, 15) is 4.79 Å². The van der Waals surface area contributed by atoms with E-state index in [0.717, 1.165) is 31.7 Å². The summed E-state index contributed by atoms with van der Waals surface area (Å²) in [5.41, 5.74) is -0.241. The number of hydrogen-bond donors (Lipinski definition) is 2. The Hall–Kier alpha value is -1.33. The average molecular weight is 266 g/mol. The lowest BCUT2D eigenvalue weighted by Crippen LogP contribution is -2.40. The number of hydrogen-bond acceptors (Lipinski definition) is 4. The van der Waals surface area contributed by atoms with E-state index in [0.29, 0.717) is 19.8 Å². The topological polar surface area (TPSA) is 63.5 Å². The molecule has 1 fully saturated rings. The van der Waals surface area contributed by atoms with Crippen molar-refractivity contribution in [3.05, 3.63) is 24.2 Å². The van der Waals surface area contributed by atoms with Crippen LogP contribution in [-0.2, 0) is 16.1 Å². The Morgan fingerprint density at radius 1 is 1.63 bits per heavy atom. The predicted octanol–water partition coefficient (Wildman–Crippen LogP) is 1.30. The fraction of sp³-hybridized carbons (Fsp3) is 0.643. The van der Waals surface area contributed by atoms with E-state index in [-0.39, 0.29) is 11.3 Å². The van der Waals surface area contributed by atoms with Crippen LogP contribution in [0.3, 0.4) is 0 Å². The second-order valence-corrected chi connectivity index (χ2v) is 5.23. The first-order chi connectivity index (χ1) is 9.21. The highest BCUT2D eigenvalue weighted by atomic mass is 16.5. The van der Waals surface area contributed by atoms with Crippen LogP contribution in [0.15, 0.2) is 22.8 Å². The normalized spacial score (nSPS) is 22.6. The molecule has 5 nitrogen and oxygen atoms in total. The molecule has 0 aromatic carbocycles. The van der Waals surface area contributed by atoms with Gasteiger partial charge in [-0.15, -0.1) is 0 Å². The van der Waals surface area contributed by atoms with Gasteiger partial charge in [0.25, 0.3) is 0 Å². The van der Waals surface area contributed by atoms with Crippen molar-refractivity contribution >= 4 is 5.91 Å². The van der Waals surface area contributed by atoms with Crippen molar-refractivity contribution in [2.75, 3.05) is 26.2 Å². The number of rotatable bonds is 7. The first-order valence-corrected chi connectivity index (χ1v) is 6.80. The zero-order valence-corrected chi connectivity index (χ0v) is 11.4. The molecule has 2 N–H and O–H groups in total. The smallest absolute Gasteiger partial charge is 0.227 e. The minimum atomic E-state index is -0.241. The molecule has 106 valence electrons. The van der Waals surface area contributed by atoms with E-state index in [1.807, 2.05) is 19.1 Å². The van der Waals surface area contributed by atoms with Crippen LogP contribution in [0.5, 0.6) is 0 Å². The molecule has 1 aliphatic rings. The number of amides is 1. The van der Waals surface area contributed by atoms with Gasteiger partial charge in [-0.1, -0.05) is 0 Å². The van der Waals surface area contributed by atoms with Gasteiger partial charge in [-0.3, -0.25) is 4.79 Å². The molecule has 2 rings (SSSR count). The lowest BCUT2D eigenvalue weighted by Gasteiger charge is -2.21. The minimum absolute atomic E-state index is 0.142. The summed E-state index contributed by atoms with van der Waals surface area (Å²) in [5, 5.41) is 6.20. The number of carbonyl (C=O) groups excluding carboxylic acids is 1. The van der Waals surface area contributed by atoms with Gasteiger partial charge in [-0.2, -0.15) is 0 Å². The number of furan rings is 1. The highest BCUT2D eigenvalue weighted by molar-refractivity contribution is 5.82. The second-order valence-electron chi connectivity index (χ2n) is 5.23. The molecule has 1 aromatic heterocycles. The van der Waals surface area contributed by atoms with Crippen molar-refractivity contribution in [1.82, 2.24) is 10.6 Å². The highest BCUT2D eigenvalue weighted by Crippen LogP contribution is 2.24. The summed E-state index contributed by atoms with van der Waals surface area (Å²) in [6, 6.07) is 3.73. The Kier molecular flexibility index (Phi) is 4.99. The van der Waals surface area contributed by atoms with Crippen LogP contribution in [0.25, 0.3) is 0 Å². The molecule has 5 heteroatoms. The molecule has 1 atom stereocenters. The van der Waals surface area contributed by atoms with Crippen LogP contribution in [0.2, 0.25) is 0 Å². The van der Waals surface area contributed by atoms with Gasteiger partial charge in [0, 0.05) is 19.7 Å². The summed E-state index contributed by atoms with van der Waals surface area (Å²) in [6.45, 7) is 5.48. The van der Waals surface area contributed by atoms with E-state index >= 15 is 0 Å². The minimum Gasteiger partial charge on any atom is -0.467 e. The van der Waals surface area contributed by atoms with Gasteiger partial charge in [-0.25, -0.2) is 0 Å². The summed E-state index contributed by atoms with van der Waals surface area (Å²) < 4.78 is 10.6. The predicted molar refractivity (Wildman–Crippen MR) is 71.6 cm³/mol. The second kappa shape index (κ2) is 6.73. The fourth-order valence-electron chi connectivity index (χ4n) is 2.17. The van der Waals surface area contributed by atoms with Gasteiger partial charge in [0.1, 0.15) is 12.4 Å². The molecular weight excluding hydrogens is 244 g/mol. The summed E-state index contributed by atoms with van der Waals surface area (Å²) >= 11 is 0. The Morgan fingerprint density at radius 3 is 3.21 bits per heavy atom. The molecule has 0 saturated carbocycles. The molecule has 1 amide bonds. The van der Waals surface area contributed by atoms with Gasteiger partial charge in [0.15, 0.2) is 0 Å². The van der Waals surface area contributed by atoms with Gasteiger partial charge < -0.3 is 19.8 Å². The largest absolute Gasteiger partial charge is 0.467 e. The zero-order chi connectivity index (χ0) is 13.6. The van der Waals surface area contributed by atoms with Crippen LogP contribution in [0.1, 0.15) is 25.5 Å². The van der Waals surface area contributed by atoms with E-state index in [1.165, 1.54) is 0 Å². The van der Waals surface area contributed by atoms with Crippen LogP contribution >= 0.6 is 0 Å². The first kappa shape index (κ1) is 14.1. The molecule has 1 saturated heterocycles. The molecule has 19 heavy (non-hydrogen) atoms. The van der Waals surface area contributed by atoms with E-state index in [2.05, 4.69) is 10.6 Å². The van der Waals surface area contributed by atoms with Crippen LogP contribution in [-0.4, -0.2) is 32.1 Å². The number of carbonyl (C=O) groups is 1. The molecule has 1 unspecified atom stereocenters. The maximum atomic E-state index is 12.0. The van der Waals surface area contributed by atoms with Crippen molar-refractivity contribution in [2.45, 2.75) is 26.4 Å². The van der Waals surface area contributed by atoms with Crippen molar-refractivity contribution in [2.24, 2.45) is 5.41 Å². The standard InChI is InChI=1S/C14H22N2O3/c1-14(5-7-15-11-14)13(17)16-6-3-8-18-10-12-4-2-9-19-12/h2,4,9,15H,3,5-8,10-11H2,1H3,(H,16,17). The first-order valence-electron chi connectivity index (χ1n) is 6.80. The van der Waals surface area contributed by atoms with Crippen molar-refractivity contribution in [3.63, 3.8) is 0 Å². The zero-order valence-electron chi connectivity index (χ0n) is 11.4. The van der Waals surface area contributed by atoms with E-state index < -0.39 is 0 Å².